The smallest absolute Gasteiger partial charge is 0.307 e. The first-order chi connectivity index (χ1) is 15.4. The number of ether oxygens (including phenoxy) is 1. The van der Waals surface area contributed by atoms with E-state index in [-0.39, 0.29) is 18.8 Å². The summed E-state index contributed by atoms with van der Waals surface area (Å²) in [5, 5.41) is 38.8. The highest BCUT2D eigenvalue weighted by molar-refractivity contribution is 5.71. The Morgan fingerprint density at radius 1 is 0.879 bits per heavy atom. The minimum Gasteiger partial charge on any atom is -0.481 e. The van der Waals surface area contributed by atoms with E-state index in [4.69, 9.17) is 9.84 Å². The van der Waals surface area contributed by atoms with Crippen LogP contribution in [0.1, 0.15) is 84.0 Å². The van der Waals surface area contributed by atoms with Crippen molar-refractivity contribution < 1.29 is 39.2 Å². The molecule has 0 saturated heterocycles. The van der Waals surface area contributed by atoms with Gasteiger partial charge in [0.15, 0.2) is 6.10 Å². The summed E-state index contributed by atoms with van der Waals surface area (Å²) in [5.41, 5.74) is 0. The van der Waals surface area contributed by atoms with E-state index >= 15 is 0 Å². The molecule has 0 heterocycles. The van der Waals surface area contributed by atoms with Crippen LogP contribution in [0.5, 0.6) is 0 Å². The number of unbranched alkanes of at least 4 members (excludes halogenated alkanes) is 6. The summed E-state index contributed by atoms with van der Waals surface area (Å²) >= 11 is 0. The standard InChI is InChI=1S/C25H47NO7/c1-5-6-10-14-22(28)23(29)17-16-20(27)13-11-8-7-9-12-15-25(32)33-21(18-24(30)31)19-26(2,3)4/h16-17,20-23,27-29H,5-15,18-19H2,1-4H3/p+1/b17-16+. The minimum absolute atomic E-state index is 0.188. The summed E-state index contributed by atoms with van der Waals surface area (Å²) < 4.78 is 5.89. The van der Waals surface area contributed by atoms with Gasteiger partial charge >= 0.3 is 11.9 Å². The van der Waals surface area contributed by atoms with Gasteiger partial charge < -0.3 is 29.6 Å². The number of hydrogen-bond acceptors (Lipinski definition) is 6. The van der Waals surface area contributed by atoms with Crippen molar-refractivity contribution in [1.29, 1.82) is 0 Å². The molecule has 0 bridgehead atoms. The van der Waals surface area contributed by atoms with Gasteiger partial charge in [-0.1, -0.05) is 64.0 Å². The van der Waals surface area contributed by atoms with Crippen LogP contribution in [0.4, 0.5) is 0 Å². The zero-order valence-electron chi connectivity index (χ0n) is 21.1. The highest BCUT2D eigenvalue weighted by Gasteiger charge is 2.24. The molecule has 0 aliphatic rings. The molecule has 0 spiro atoms. The second-order valence-electron chi connectivity index (χ2n) is 10.00. The summed E-state index contributed by atoms with van der Waals surface area (Å²) in [6, 6.07) is 0. The zero-order valence-corrected chi connectivity index (χ0v) is 21.1. The third-order valence-electron chi connectivity index (χ3n) is 5.36. The minimum atomic E-state index is -0.976. The number of carbonyl (C=O) groups is 2. The van der Waals surface area contributed by atoms with E-state index in [0.717, 1.165) is 44.9 Å². The van der Waals surface area contributed by atoms with Gasteiger partial charge in [0.1, 0.15) is 6.54 Å². The molecule has 0 aromatic carbocycles. The first-order valence-electron chi connectivity index (χ1n) is 12.4. The molecule has 0 radical (unpaired) electrons. The number of nitrogens with zero attached hydrogens (tertiary/aromatic N) is 1. The van der Waals surface area contributed by atoms with Crippen LogP contribution in [-0.4, -0.2) is 89.0 Å². The number of likely N-dealkylation sites (N-methyl/N-ethyl adjacent to an activating group) is 1. The molecular formula is C25H48NO7+. The van der Waals surface area contributed by atoms with Crippen molar-refractivity contribution in [1.82, 2.24) is 0 Å². The normalized spacial score (nSPS) is 15.8. The van der Waals surface area contributed by atoms with Crippen molar-refractivity contribution >= 4 is 11.9 Å². The molecular weight excluding hydrogens is 426 g/mol. The van der Waals surface area contributed by atoms with Crippen molar-refractivity contribution in [2.75, 3.05) is 27.7 Å². The molecule has 8 nitrogen and oxygen atoms in total. The summed E-state index contributed by atoms with van der Waals surface area (Å²) in [4.78, 5) is 23.0. The van der Waals surface area contributed by atoms with Crippen molar-refractivity contribution in [2.24, 2.45) is 0 Å². The number of quaternary nitrogens is 1. The van der Waals surface area contributed by atoms with Crippen molar-refractivity contribution in [3.8, 4) is 0 Å². The van der Waals surface area contributed by atoms with Crippen LogP contribution in [0, 0.1) is 0 Å². The molecule has 33 heavy (non-hydrogen) atoms. The van der Waals surface area contributed by atoms with Gasteiger partial charge in [0.2, 0.25) is 0 Å². The lowest BCUT2D eigenvalue weighted by Crippen LogP contribution is -2.43. The summed E-state index contributed by atoms with van der Waals surface area (Å²) in [6.07, 6.45) is 8.43. The van der Waals surface area contributed by atoms with E-state index < -0.39 is 30.4 Å². The Bertz CT molecular complexity index is 559. The number of aliphatic hydroxyl groups is 3. The van der Waals surface area contributed by atoms with Gasteiger partial charge in [-0.15, -0.1) is 0 Å². The molecule has 4 atom stereocenters. The van der Waals surface area contributed by atoms with E-state index in [2.05, 4.69) is 6.92 Å². The molecule has 194 valence electrons. The second kappa shape index (κ2) is 17.9. The van der Waals surface area contributed by atoms with Crippen LogP contribution >= 0.6 is 0 Å². The number of hydrogen-bond donors (Lipinski definition) is 4. The highest BCUT2D eigenvalue weighted by Crippen LogP contribution is 2.13. The number of carboxylic acids is 1. The summed E-state index contributed by atoms with van der Waals surface area (Å²) in [5.74, 6) is -1.33. The number of carboxylic acid groups (broad SMARTS) is 1. The topological polar surface area (TPSA) is 124 Å². The molecule has 8 heteroatoms. The van der Waals surface area contributed by atoms with Crippen LogP contribution in [0.25, 0.3) is 0 Å². The van der Waals surface area contributed by atoms with E-state index in [1.807, 2.05) is 21.1 Å². The van der Waals surface area contributed by atoms with Crippen LogP contribution < -0.4 is 0 Å². The zero-order chi connectivity index (χ0) is 25.3. The molecule has 0 amide bonds. The average Bonchev–Trinajstić information content (AvgIpc) is 2.69. The van der Waals surface area contributed by atoms with Crippen molar-refractivity contribution in [3.05, 3.63) is 12.2 Å². The lowest BCUT2D eigenvalue weighted by molar-refractivity contribution is -0.873. The Hall–Kier alpha value is -1.48. The molecule has 0 fully saturated rings. The predicted octanol–water partition coefficient (Wildman–Crippen LogP) is 3.03. The fraction of sp³-hybridized carbons (Fsp3) is 0.840. The fourth-order valence-corrected chi connectivity index (χ4v) is 3.59. The van der Waals surface area contributed by atoms with Crippen molar-refractivity contribution in [3.63, 3.8) is 0 Å². The van der Waals surface area contributed by atoms with Gasteiger partial charge in [-0.25, -0.2) is 0 Å². The Morgan fingerprint density at radius 2 is 1.48 bits per heavy atom. The number of carbonyl (C=O) groups excluding carboxylic acids is 1. The fourth-order valence-electron chi connectivity index (χ4n) is 3.59. The Kier molecular flexibility index (Phi) is 17.1. The summed E-state index contributed by atoms with van der Waals surface area (Å²) in [6.45, 7) is 2.53. The van der Waals surface area contributed by atoms with Crippen LogP contribution in [0.3, 0.4) is 0 Å². The predicted molar refractivity (Wildman–Crippen MR) is 129 cm³/mol. The molecule has 0 aliphatic heterocycles. The van der Waals surface area contributed by atoms with Gasteiger partial charge in [-0.3, -0.25) is 9.59 Å². The third-order valence-corrected chi connectivity index (χ3v) is 5.36. The lowest BCUT2D eigenvalue weighted by atomic mass is 10.0. The highest BCUT2D eigenvalue weighted by atomic mass is 16.5. The Balaban J connectivity index is 3.96. The molecule has 4 N–H and O–H groups in total. The number of esters is 1. The summed E-state index contributed by atoms with van der Waals surface area (Å²) in [7, 11) is 5.78. The molecule has 0 rings (SSSR count). The first kappa shape index (κ1) is 31.5. The maximum absolute atomic E-state index is 12.0. The maximum atomic E-state index is 12.0. The average molecular weight is 475 g/mol. The number of aliphatic carboxylic acids is 1. The maximum Gasteiger partial charge on any atom is 0.307 e. The van der Waals surface area contributed by atoms with Crippen LogP contribution in [0.2, 0.25) is 0 Å². The number of rotatable bonds is 20. The molecule has 0 aromatic heterocycles. The van der Waals surface area contributed by atoms with Gasteiger partial charge in [-0.05, 0) is 19.3 Å². The Morgan fingerprint density at radius 3 is 2.09 bits per heavy atom. The van der Waals surface area contributed by atoms with E-state index in [0.29, 0.717) is 30.3 Å². The van der Waals surface area contributed by atoms with Gasteiger partial charge in [0.25, 0.3) is 0 Å². The van der Waals surface area contributed by atoms with Crippen LogP contribution in [-0.2, 0) is 14.3 Å². The second-order valence-corrected chi connectivity index (χ2v) is 10.00. The monoisotopic (exact) mass is 474 g/mol. The molecule has 0 aromatic rings. The molecule has 4 unspecified atom stereocenters. The largest absolute Gasteiger partial charge is 0.481 e. The third kappa shape index (κ3) is 19.7. The first-order valence-corrected chi connectivity index (χ1v) is 12.4. The molecule has 0 saturated carbocycles. The van der Waals surface area contributed by atoms with E-state index in [9.17, 15) is 24.9 Å². The molecule has 0 aliphatic carbocycles. The van der Waals surface area contributed by atoms with Crippen molar-refractivity contribution in [2.45, 2.75) is 108 Å². The van der Waals surface area contributed by atoms with E-state index in [1.54, 1.807) is 6.08 Å². The SMILES string of the molecule is CCCCCC(O)C(O)/C=C/C(O)CCCCCCCC(=O)OC(CC(=O)O)C[N+](C)(C)C. The lowest BCUT2D eigenvalue weighted by Gasteiger charge is -2.28. The Labute approximate surface area is 199 Å². The van der Waals surface area contributed by atoms with Gasteiger partial charge in [0, 0.05) is 6.42 Å². The van der Waals surface area contributed by atoms with E-state index in [1.165, 1.54) is 6.08 Å². The van der Waals surface area contributed by atoms with Crippen LogP contribution in [0.15, 0.2) is 12.2 Å². The number of aliphatic hydroxyl groups excluding tert-OH is 3. The van der Waals surface area contributed by atoms with Gasteiger partial charge in [0.05, 0.1) is 45.9 Å². The van der Waals surface area contributed by atoms with Gasteiger partial charge in [-0.2, -0.15) is 0 Å². The quantitative estimate of drug-likeness (QED) is 0.0925.